The first-order chi connectivity index (χ1) is 11.7. The van der Waals surface area contributed by atoms with E-state index in [1.165, 1.54) is 5.56 Å². The van der Waals surface area contributed by atoms with Crippen LogP contribution in [0.5, 0.6) is 11.5 Å². The number of aromatic nitrogens is 2. The topological polar surface area (TPSA) is 62.3 Å². The molecule has 1 unspecified atom stereocenters. The molecular weight excluding hydrogens is 302 g/mol. The van der Waals surface area contributed by atoms with Gasteiger partial charge in [-0.25, -0.2) is 4.98 Å². The van der Waals surface area contributed by atoms with Crippen molar-refractivity contribution in [2.45, 2.75) is 19.9 Å². The molecule has 124 valence electrons. The number of hydrogen-bond acceptors (Lipinski definition) is 4. The largest absolute Gasteiger partial charge is 0.486 e. The van der Waals surface area contributed by atoms with Crippen LogP contribution >= 0.6 is 0 Å². The third-order valence-corrected chi connectivity index (χ3v) is 4.41. The van der Waals surface area contributed by atoms with E-state index in [0.29, 0.717) is 19.8 Å². The van der Waals surface area contributed by atoms with E-state index in [1.54, 1.807) is 0 Å². The summed E-state index contributed by atoms with van der Waals surface area (Å²) in [6.45, 7) is 5.88. The van der Waals surface area contributed by atoms with Crippen LogP contribution < -0.4 is 15.2 Å². The minimum Gasteiger partial charge on any atom is -0.486 e. The van der Waals surface area contributed by atoms with Gasteiger partial charge in [-0.3, -0.25) is 0 Å². The second-order valence-corrected chi connectivity index (χ2v) is 6.24. The fourth-order valence-electron chi connectivity index (χ4n) is 3.17. The highest BCUT2D eigenvalue weighted by atomic mass is 16.6. The molecule has 3 aromatic rings. The summed E-state index contributed by atoms with van der Waals surface area (Å²) in [5.74, 6) is 2.46. The van der Waals surface area contributed by atoms with Crippen molar-refractivity contribution in [1.82, 2.24) is 9.55 Å². The third kappa shape index (κ3) is 2.41. The average Bonchev–Trinajstić information content (AvgIpc) is 2.97. The van der Waals surface area contributed by atoms with E-state index in [1.807, 2.05) is 12.1 Å². The molecule has 0 spiro atoms. The highest BCUT2D eigenvalue weighted by molar-refractivity contribution is 5.84. The molecule has 1 atom stereocenters. The molecular formula is C19H21N3O2. The molecule has 1 aliphatic rings. The number of aryl methyl sites for hydroxylation is 1. The first-order valence-electron chi connectivity index (χ1n) is 8.26. The molecule has 0 fully saturated rings. The van der Waals surface area contributed by atoms with Crippen molar-refractivity contribution in [3.05, 3.63) is 42.0 Å². The molecule has 4 rings (SSSR count). The van der Waals surface area contributed by atoms with Gasteiger partial charge in [0.2, 0.25) is 0 Å². The van der Waals surface area contributed by atoms with Gasteiger partial charge in [-0.2, -0.15) is 0 Å². The molecule has 2 N–H and O–H groups in total. The van der Waals surface area contributed by atoms with E-state index in [9.17, 15) is 0 Å². The van der Waals surface area contributed by atoms with Gasteiger partial charge in [0, 0.05) is 30.3 Å². The molecule has 1 aliphatic heterocycles. The molecule has 0 radical (unpaired) electrons. The molecule has 5 nitrogen and oxygen atoms in total. The lowest BCUT2D eigenvalue weighted by molar-refractivity contribution is 0.172. The lowest BCUT2D eigenvalue weighted by Crippen LogP contribution is -2.17. The van der Waals surface area contributed by atoms with E-state index in [0.717, 1.165) is 33.9 Å². The van der Waals surface area contributed by atoms with Crippen molar-refractivity contribution in [2.75, 3.05) is 19.8 Å². The Labute approximate surface area is 141 Å². The quantitative estimate of drug-likeness (QED) is 0.803. The summed E-state index contributed by atoms with van der Waals surface area (Å²) in [6, 6.07) is 12.5. The Kier molecular flexibility index (Phi) is 3.65. The Balaban J connectivity index is 1.98. The fraction of sp³-hybridized carbons (Fsp3) is 0.316. The molecule has 0 amide bonds. The van der Waals surface area contributed by atoms with Crippen LogP contribution in [0.3, 0.4) is 0 Å². The zero-order valence-electron chi connectivity index (χ0n) is 14.0. The maximum Gasteiger partial charge on any atom is 0.163 e. The summed E-state index contributed by atoms with van der Waals surface area (Å²) in [6.07, 6.45) is 0. The Morgan fingerprint density at radius 1 is 1.17 bits per heavy atom. The number of fused-ring (bicyclic) bond motifs is 2. The van der Waals surface area contributed by atoms with Crippen molar-refractivity contribution in [3.63, 3.8) is 0 Å². The second kappa shape index (κ2) is 5.83. The van der Waals surface area contributed by atoms with Crippen molar-refractivity contribution < 1.29 is 9.47 Å². The normalized spacial score (nSPS) is 14.8. The first kappa shape index (κ1) is 15.0. The van der Waals surface area contributed by atoms with E-state index in [4.69, 9.17) is 20.2 Å². The summed E-state index contributed by atoms with van der Waals surface area (Å²) < 4.78 is 13.6. The van der Waals surface area contributed by atoms with Gasteiger partial charge < -0.3 is 19.8 Å². The van der Waals surface area contributed by atoms with Crippen LogP contribution in [0.15, 0.2) is 36.4 Å². The standard InChI is InChI=1S/C19H21N3O2/c1-12-4-3-5-14(8-12)19-21-15-9-17-18(24-7-6-23-17)10-16(15)22(19)13(2)11-20/h3-5,8-10,13H,6-7,11,20H2,1-2H3. The first-order valence-corrected chi connectivity index (χ1v) is 8.26. The molecule has 0 saturated carbocycles. The minimum absolute atomic E-state index is 0.132. The van der Waals surface area contributed by atoms with E-state index in [-0.39, 0.29) is 6.04 Å². The van der Waals surface area contributed by atoms with Crippen LogP contribution in [0.1, 0.15) is 18.5 Å². The minimum atomic E-state index is 0.132. The maximum atomic E-state index is 5.96. The van der Waals surface area contributed by atoms with Crippen molar-refractivity contribution in [2.24, 2.45) is 5.73 Å². The molecule has 0 bridgehead atoms. The van der Waals surface area contributed by atoms with Gasteiger partial charge in [0.25, 0.3) is 0 Å². The number of rotatable bonds is 3. The Morgan fingerprint density at radius 2 is 1.92 bits per heavy atom. The fourth-order valence-corrected chi connectivity index (χ4v) is 3.17. The summed E-state index contributed by atoms with van der Waals surface area (Å²) in [7, 11) is 0. The van der Waals surface area contributed by atoms with Gasteiger partial charge in [-0.05, 0) is 19.9 Å². The van der Waals surface area contributed by atoms with Crippen LogP contribution in [0, 0.1) is 6.92 Å². The maximum absolute atomic E-state index is 5.96. The SMILES string of the molecule is Cc1cccc(-c2nc3cc4c(cc3n2C(C)CN)OCCO4)c1. The van der Waals surface area contributed by atoms with Crippen molar-refractivity contribution >= 4 is 11.0 Å². The van der Waals surface area contributed by atoms with Crippen molar-refractivity contribution in [1.29, 1.82) is 0 Å². The van der Waals surface area contributed by atoms with Crippen LogP contribution in [0.4, 0.5) is 0 Å². The Morgan fingerprint density at radius 3 is 2.62 bits per heavy atom. The summed E-state index contributed by atoms with van der Waals surface area (Å²) >= 11 is 0. The van der Waals surface area contributed by atoms with Gasteiger partial charge in [0.1, 0.15) is 19.0 Å². The molecule has 0 aliphatic carbocycles. The summed E-state index contributed by atoms with van der Waals surface area (Å²) in [5.41, 5.74) is 10.2. The van der Waals surface area contributed by atoms with Gasteiger partial charge in [-0.1, -0.05) is 23.8 Å². The van der Waals surface area contributed by atoms with Crippen LogP contribution in [0.2, 0.25) is 0 Å². The lowest BCUT2D eigenvalue weighted by atomic mass is 10.1. The highest BCUT2D eigenvalue weighted by Crippen LogP contribution is 2.37. The smallest absolute Gasteiger partial charge is 0.163 e. The van der Waals surface area contributed by atoms with Crippen LogP contribution in [0.25, 0.3) is 22.4 Å². The number of ether oxygens (including phenoxy) is 2. The molecule has 24 heavy (non-hydrogen) atoms. The van der Waals surface area contributed by atoms with Gasteiger partial charge in [0.15, 0.2) is 11.5 Å². The molecule has 5 heteroatoms. The van der Waals surface area contributed by atoms with E-state index < -0.39 is 0 Å². The Bertz CT molecular complexity index is 901. The monoisotopic (exact) mass is 323 g/mol. The molecule has 2 heterocycles. The number of imidazole rings is 1. The van der Waals surface area contributed by atoms with Crippen LogP contribution in [-0.2, 0) is 0 Å². The molecule has 1 aromatic heterocycles. The average molecular weight is 323 g/mol. The number of nitrogens with two attached hydrogens (primary N) is 1. The second-order valence-electron chi connectivity index (χ2n) is 6.24. The highest BCUT2D eigenvalue weighted by Gasteiger charge is 2.21. The number of nitrogens with zero attached hydrogens (tertiary/aromatic N) is 2. The van der Waals surface area contributed by atoms with Gasteiger partial charge in [0.05, 0.1) is 11.0 Å². The zero-order valence-corrected chi connectivity index (χ0v) is 14.0. The van der Waals surface area contributed by atoms with E-state index >= 15 is 0 Å². The molecule has 0 saturated heterocycles. The summed E-state index contributed by atoms with van der Waals surface area (Å²) in [5, 5.41) is 0. The Hall–Kier alpha value is -2.53. The number of benzene rings is 2. The molecule has 2 aromatic carbocycles. The van der Waals surface area contributed by atoms with E-state index in [2.05, 4.69) is 42.7 Å². The van der Waals surface area contributed by atoms with Gasteiger partial charge in [-0.15, -0.1) is 0 Å². The third-order valence-electron chi connectivity index (χ3n) is 4.41. The van der Waals surface area contributed by atoms with Gasteiger partial charge >= 0.3 is 0 Å². The predicted molar refractivity (Wildman–Crippen MR) is 94.7 cm³/mol. The lowest BCUT2D eigenvalue weighted by Gasteiger charge is -2.19. The zero-order chi connectivity index (χ0) is 16.7. The van der Waals surface area contributed by atoms with Crippen LogP contribution in [-0.4, -0.2) is 29.3 Å². The predicted octanol–water partition coefficient (Wildman–Crippen LogP) is 3.30. The summed E-state index contributed by atoms with van der Waals surface area (Å²) in [4.78, 5) is 4.87. The number of hydrogen-bond donors (Lipinski definition) is 1. The van der Waals surface area contributed by atoms with Crippen molar-refractivity contribution in [3.8, 4) is 22.9 Å².